The monoisotopic (exact) mass is 332 g/mol. The van der Waals surface area contributed by atoms with Gasteiger partial charge in [-0.1, -0.05) is 13.3 Å². The molecule has 0 bridgehead atoms. The number of aryl methyl sites for hydroxylation is 1. The van der Waals surface area contributed by atoms with Crippen LogP contribution in [0.15, 0.2) is 18.2 Å². The van der Waals surface area contributed by atoms with Crippen molar-refractivity contribution in [1.82, 2.24) is 9.88 Å². The van der Waals surface area contributed by atoms with Crippen LogP contribution in [0.25, 0.3) is 10.9 Å². The maximum atomic E-state index is 12.3. The molecule has 2 rings (SSSR count). The third-order valence-electron chi connectivity index (χ3n) is 4.54. The zero-order valence-electron chi connectivity index (χ0n) is 15.1. The van der Waals surface area contributed by atoms with Gasteiger partial charge in [-0.25, -0.2) is 0 Å². The van der Waals surface area contributed by atoms with Crippen molar-refractivity contribution in [2.75, 3.05) is 20.3 Å². The van der Waals surface area contributed by atoms with Gasteiger partial charge in [0.1, 0.15) is 0 Å². The lowest BCUT2D eigenvalue weighted by Gasteiger charge is -2.11. The summed E-state index contributed by atoms with van der Waals surface area (Å²) in [6.45, 7) is 7.92. The molecular formula is C19H28N2O3. The number of aliphatic hydroxyl groups is 1. The highest BCUT2D eigenvalue weighted by Crippen LogP contribution is 2.26. The van der Waals surface area contributed by atoms with Gasteiger partial charge in [0.25, 0.3) is 5.91 Å². The maximum Gasteiger partial charge on any atom is 0.251 e. The molecule has 1 aromatic heterocycles. The van der Waals surface area contributed by atoms with Gasteiger partial charge in [0.2, 0.25) is 0 Å². The van der Waals surface area contributed by atoms with Crippen LogP contribution < -0.4 is 5.32 Å². The molecule has 1 atom stereocenters. The minimum absolute atomic E-state index is 0.145. The summed E-state index contributed by atoms with van der Waals surface area (Å²) in [7, 11) is 1.70. The highest BCUT2D eigenvalue weighted by atomic mass is 16.5. The van der Waals surface area contributed by atoms with E-state index in [9.17, 15) is 9.90 Å². The number of amides is 1. The highest BCUT2D eigenvalue weighted by molar-refractivity contribution is 5.99. The number of carbonyl (C=O) groups is 1. The van der Waals surface area contributed by atoms with Crippen LogP contribution >= 0.6 is 0 Å². The Balaban J connectivity index is 2.22. The molecule has 0 aliphatic heterocycles. The first-order valence-corrected chi connectivity index (χ1v) is 8.54. The van der Waals surface area contributed by atoms with E-state index in [2.05, 4.69) is 23.7 Å². The van der Waals surface area contributed by atoms with E-state index in [1.807, 2.05) is 25.1 Å². The van der Waals surface area contributed by atoms with E-state index in [0.717, 1.165) is 23.9 Å². The largest absolute Gasteiger partial charge is 0.391 e. The Morgan fingerprint density at radius 1 is 1.38 bits per heavy atom. The third-order valence-corrected chi connectivity index (χ3v) is 4.54. The molecule has 0 aliphatic rings. The van der Waals surface area contributed by atoms with Crippen LogP contribution in [0.2, 0.25) is 0 Å². The second-order valence-electron chi connectivity index (χ2n) is 6.24. The molecule has 0 spiro atoms. The molecule has 5 heteroatoms. The number of methoxy groups -OCH3 is 1. The SMILES string of the molecule is CCCC(O)CNC(=O)c1ccc2c(c1)c(C)c(C)n2CCOC. The predicted octanol–water partition coefficient (Wildman–Crippen LogP) is 2.80. The van der Waals surface area contributed by atoms with E-state index >= 15 is 0 Å². The first-order chi connectivity index (χ1) is 11.5. The fourth-order valence-corrected chi connectivity index (χ4v) is 3.01. The van der Waals surface area contributed by atoms with Crippen LogP contribution in [0, 0.1) is 13.8 Å². The molecule has 0 fully saturated rings. The zero-order chi connectivity index (χ0) is 17.7. The molecule has 24 heavy (non-hydrogen) atoms. The number of hydrogen-bond acceptors (Lipinski definition) is 3. The Labute approximate surface area is 143 Å². The zero-order valence-corrected chi connectivity index (χ0v) is 15.1. The number of nitrogens with zero attached hydrogens (tertiary/aromatic N) is 1. The topological polar surface area (TPSA) is 63.5 Å². The van der Waals surface area contributed by atoms with Crippen LogP contribution in [0.5, 0.6) is 0 Å². The first-order valence-electron chi connectivity index (χ1n) is 8.54. The van der Waals surface area contributed by atoms with Crippen molar-refractivity contribution in [3.05, 3.63) is 35.0 Å². The van der Waals surface area contributed by atoms with Gasteiger partial charge in [0.15, 0.2) is 0 Å². The molecule has 2 N–H and O–H groups in total. The summed E-state index contributed by atoms with van der Waals surface area (Å²) in [5.74, 6) is -0.145. The summed E-state index contributed by atoms with van der Waals surface area (Å²) in [5.41, 5.74) is 4.11. The number of nitrogens with one attached hydrogen (secondary N) is 1. The van der Waals surface area contributed by atoms with Crippen molar-refractivity contribution < 1.29 is 14.6 Å². The van der Waals surface area contributed by atoms with Crippen LogP contribution in [0.1, 0.15) is 41.4 Å². The summed E-state index contributed by atoms with van der Waals surface area (Å²) in [6, 6.07) is 5.76. The second kappa shape index (κ2) is 8.31. The smallest absolute Gasteiger partial charge is 0.251 e. The predicted molar refractivity (Wildman–Crippen MR) is 96.5 cm³/mol. The lowest BCUT2D eigenvalue weighted by atomic mass is 10.1. The average Bonchev–Trinajstić information content (AvgIpc) is 2.82. The van der Waals surface area contributed by atoms with Crippen molar-refractivity contribution >= 4 is 16.8 Å². The molecule has 0 aliphatic carbocycles. The lowest BCUT2D eigenvalue weighted by molar-refractivity contribution is 0.0910. The van der Waals surface area contributed by atoms with Crippen LogP contribution in [-0.4, -0.2) is 41.9 Å². The van der Waals surface area contributed by atoms with Gasteiger partial charge in [-0.3, -0.25) is 4.79 Å². The molecule has 1 aromatic carbocycles. The van der Waals surface area contributed by atoms with Gasteiger partial charge in [-0.05, 0) is 44.0 Å². The first kappa shape index (κ1) is 18.5. The average molecular weight is 332 g/mol. The van der Waals surface area contributed by atoms with Gasteiger partial charge >= 0.3 is 0 Å². The van der Waals surface area contributed by atoms with Crippen molar-refractivity contribution in [3.63, 3.8) is 0 Å². The lowest BCUT2D eigenvalue weighted by Crippen LogP contribution is -2.31. The van der Waals surface area contributed by atoms with E-state index in [4.69, 9.17) is 4.74 Å². The summed E-state index contributed by atoms with van der Waals surface area (Å²) in [4.78, 5) is 12.3. The molecule has 1 heterocycles. The summed E-state index contributed by atoms with van der Waals surface area (Å²) >= 11 is 0. The van der Waals surface area contributed by atoms with E-state index in [1.54, 1.807) is 7.11 Å². The van der Waals surface area contributed by atoms with E-state index in [0.29, 0.717) is 18.6 Å². The quantitative estimate of drug-likeness (QED) is 0.781. The highest BCUT2D eigenvalue weighted by Gasteiger charge is 2.14. The van der Waals surface area contributed by atoms with Gasteiger partial charge in [-0.15, -0.1) is 0 Å². The number of carbonyl (C=O) groups excluding carboxylic acids is 1. The van der Waals surface area contributed by atoms with Gasteiger partial charge in [0.05, 0.1) is 12.7 Å². The molecule has 0 radical (unpaired) electrons. The molecule has 1 unspecified atom stereocenters. The van der Waals surface area contributed by atoms with E-state index in [-0.39, 0.29) is 12.5 Å². The Hall–Kier alpha value is -1.85. The Morgan fingerprint density at radius 2 is 2.12 bits per heavy atom. The molecule has 0 saturated heterocycles. The van der Waals surface area contributed by atoms with Gasteiger partial charge in [0, 0.05) is 42.4 Å². The summed E-state index contributed by atoms with van der Waals surface area (Å²) in [5, 5.41) is 13.6. The van der Waals surface area contributed by atoms with Crippen molar-refractivity contribution in [2.45, 2.75) is 46.3 Å². The number of aromatic nitrogens is 1. The normalized spacial score (nSPS) is 12.5. The number of aliphatic hydroxyl groups excluding tert-OH is 1. The Morgan fingerprint density at radius 3 is 2.79 bits per heavy atom. The molecule has 2 aromatic rings. The maximum absolute atomic E-state index is 12.3. The summed E-state index contributed by atoms with van der Waals surface area (Å²) in [6.07, 6.45) is 1.11. The third kappa shape index (κ3) is 3.97. The number of fused-ring (bicyclic) bond motifs is 1. The van der Waals surface area contributed by atoms with Crippen molar-refractivity contribution in [3.8, 4) is 0 Å². The van der Waals surface area contributed by atoms with Gasteiger partial charge < -0.3 is 19.7 Å². The Bertz CT molecular complexity index is 706. The number of hydrogen-bond donors (Lipinski definition) is 2. The minimum Gasteiger partial charge on any atom is -0.391 e. The number of rotatable bonds is 8. The molecule has 0 saturated carbocycles. The molecular weight excluding hydrogens is 304 g/mol. The Kier molecular flexibility index (Phi) is 6.40. The number of benzene rings is 1. The van der Waals surface area contributed by atoms with Crippen LogP contribution in [-0.2, 0) is 11.3 Å². The van der Waals surface area contributed by atoms with Crippen molar-refractivity contribution in [2.24, 2.45) is 0 Å². The van der Waals surface area contributed by atoms with Gasteiger partial charge in [-0.2, -0.15) is 0 Å². The number of ether oxygens (including phenoxy) is 1. The fourth-order valence-electron chi connectivity index (χ4n) is 3.01. The molecule has 1 amide bonds. The van der Waals surface area contributed by atoms with Crippen LogP contribution in [0.4, 0.5) is 0 Å². The van der Waals surface area contributed by atoms with Crippen LogP contribution in [0.3, 0.4) is 0 Å². The fraction of sp³-hybridized carbons (Fsp3) is 0.526. The van der Waals surface area contributed by atoms with E-state index in [1.165, 1.54) is 11.3 Å². The molecule has 132 valence electrons. The van der Waals surface area contributed by atoms with E-state index < -0.39 is 6.10 Å². The summed E-state index contributed by atoms with van der Waals surface area (Å²) < 4.78 is 7.41. The standard InChI is InChI=1S/C19H28N2O3/c1-5-6-16(22)12-20-19(23)15-7-8-18-17(11-15)13(2)14(3)21(18)9-10-24-4/h7-8,11,16,22H,5-6,9-10,12H2,1-4H3,(H,20,23). The molecule has 5 nitrogen and oxygen atoms in total. The minimum atomic E-state index is -0.484. The van der Waals surface area contributed by atoms with Crippen molar-refractivity contribution in [1.29, 1.82) is 0 Å². The second-order valence-corrected chi connectivity index (χ2v) is 6.24.